The Labute approximate surface area is 241 Å². The van der Waals surface area contributed by atoms with Crippen LogP contribution in [0.25, 0.3) is 22.2 Å². The molecule has 3 heterocycles. The van der Waals surface area contributed by atoms with Gasteiger partial charge in [0.05, 0.1) is 24.8 Å². The predicted octanol–water partition coefficient (Wildman–Crippen LogP) is 4.97. The quantitative estimate of drug-likeness (QED) is 0.455. The van der Waals surface area contributed by atoms with Crippen LogP contribution >= 0.6 is 0 Å². The third kappa shape index (κ3) is 5.19. The fourth-order valence-electron chi connectivity index (χ4n) is 6.73. The van der Waals surface area contributed by atoms with Gasteiger partial charge in [0.1, 0.15) is 0 Å². The molecule has 0 radical (unpaired) electrons. The highest BCUT2D eigenvalue weighted by Crippen LogP contribution is 2.47. The molecule has 2 amide bonds. The standard InChI is InChI=1S/C30H32F3N3O5S/c31-30(32,33)42(39,40)34-28(37)21-10-11-24-25(17-21)36-18-22(29(38)35-12-14-41-15-13-35)16-20-8-4-5-9-23(20)27(36)26(24)19-6-2-1-3-7-19/h4-5,8-11,17,19,22H,1-3,6-7,12-16,18H2,(H,34,37). The molecule has 6 rings (SSSR count). The summed E-state index contributed by atoms with van der Waals surface area (Å²) in [5.41, 5.74) is -1.12. The molecule has 42 heavy (non-hydrogen) atoms. The number of ether oxygens (including phenoxy) is 1. The highest BCUT2D eigenvalue weighted by atomic mass is 32.2. The first kappa shape index (κ1) is 28.7. The number of nitrogens with zero attached hydrogens (tertiary/aromatic N) is 2. The maximum Gasteiger partial charge on any atom is 0.516 e. The lowest BCUT2D eigenvalue weighted by Crippen LogP contribution is -2.45. The van der Waals surface area contributed by atoms with Crippen molar-refractivity contribution in [1.82, 2.24) is 14.2 Å². The zero-order valence-electron chi connectivity index (χ0n) is 23.0. The number of sulfonamides is 1. The average molecular weight is 604 g/mol. The largest absolute Gasteiger partial charge is 0.516 e. The molecule has 2 fully saturated rings. The molecular weight excluding hydrogens is 571 g/mol. The van der Waals surface area contributed by atoms with Crippen LogP contribution in [0.1, 0.15) is 59.5 Å². The fourth-order valence-corrected chi connectivity index (χ4v) is 7.21. The molecule has 1 atom stereocenters. The van der Waals surface area contributed by atoms with Crippen molar-refractivity contribution in [1.29, 1.82) is 0 Å². The second kappa shape index (κ2) is 11.0. The third-order valence-electron chi connectivity index (χ3n) is 8.72. The first-order valence-electron chi connectivity index (χ1n) is 14.3. The van der Waals surface area contributed by atoms with Gasteiger partial charge in [-0.1, -0.05) is 49.6 Å². The number of amides is 2. The number of carbonyl (C=O) groups excluding carboxylic acids is 2. The summed E-state index contributed by atoms with van der Waals surface area (Å²) in [6, 6.07) is 12.5. The Balaban J connectivity index is 1.52. The molecule has 1 aliphatic carbocycles. The SMILES string of the molecule is O=C(NS(=O)(=O)C(F)(F)F)c1ccc2c(C3CCCCC3)c3n(c2c1)CC(C(=O)N1CCOCC1)Cc1ccccc1-3. The molecule has 1 unspecified atom stereocenters. The van der Waals surface area contributed by atoms with Gasteiger partial charge in [0.2, 0.25) is 5.91 Å². The minimum absolute atomic E-state index is 0.00666. The Morgan fingerprint density at radius 1 is 0.976 bits per heavy atom. The van der Waals surface area contributed by atoms with Gasteiger partial charge in [-0.05, 0) is 48.4 Å². The van der Waals surface area contributed by atoms with E-state index < -0.39 is 27.4 Å². The van der Waals surface area contributed by atoms with Crippen molar-refractivity contribution in [2.24, 2.45) is 5.92 Å². The molecule has 12 heteroatoms. The van der Waals surface area contributed by atoms with E-state index in [0.717, 1.165) is 64.6 Å². The number of hydrogen-bond donors (Lipinski definition) is 1. The number of aromatic nitrogens is 1. The minimum Gasteiger partial charge on any atom is -0.378 e. The van der Waals surface area contributed by atoms with E-state index in [1.807, 2.05) is 33.7 Å². The van der Waals surface area contributed by atoms with E-state index in [-0.39, 0.29) is 17.4 Å². The number of alkyl halides is 3. The van der Waals surface area contributed by atoms with Crippen LogP contribution in [-0.4, -0.2) is 61.5 Å². The molecular formula is C30H32F3N3O5S. The zero-order valence-corrected chi connectivity index (χ0v) is 23.8. The van der Waals surface area contributed by atoms with Gasteiger partial charge in [0.25, 0.3) is 5.91 Å². The Hall–Kier alpha value is -3.38. The lowest BCUT2D eigenvalue weighted by Gasteiger charge is -2.30. The molecule has 1 N–H and O–H groups in total. The fraction of sp³-hybridized carbons (Fsp3) is 0.467. The Morgan fingerprint density at radius 2 is 1.69 bits per heavy atom. The number of hydrogen-bond acceptors (Lipinski definition) is 5. The number of rotatable bonds is 4. The summed E-state index contributed by atoms with van der Waals surface area (Å²) in [4.78, 5) is 28.4. The number of halogens is 3. The predicted molar refractivity (Wildman–Crippen MR) is 150 cm³/mol. The maximum atomic E-state index is 13.8. The number of benzene rings is 2. The van der Waals surface area contributed by atoms with Crippen molar-refractivity contribution in [2.45, 2.75) is 56.5 Å². The summed E-state index contributed by atoms with van der Waals surface area (Å²) in [6.07, 6.45) is 5.78. The lowest BCUT2D eigenvalue weighted by atomic mass is 9.81. The molecule has 8 nitrogen and oxygen atoms in total. The average Bonchev–Trinajstić information content (AvgIpc) is 3.19. The van der Waals surface area contributed by atoms with Gasteiger partial charge < -0.3 is 14.2 Å². The van der Waals surface area contributed by atoms with E-state index >= 15 is 0 Å². The highest BCUT2D eigenvalue weighted by molar-refractivity contribution is 7.90. The second-order valence-corrected chi connectivity index (χ2v) is 13.0. The Bertz CT molecular complexity index is 1640. The number of nitrogens with one attached hydrogen (secondary N) is 1. The number of morpholine rings is 1. The van der Waals surface area contributed by atoms with Gasteiger partial charge >= 0.3 is 15.5 Å². The molecule has 224 valence electrons. The van der Waals surface area contributed by atoms with Crippen LogP contribution in [0.5, 0.6) is 0 Å². The van der Waals surface area contributed by atoms with Crippen LogP contribution in [0.15, 0.2) is 42.5 Å². The lowest BCUT2D eigenvalue weighted by molar-refractivity contribution is -0.140. The zero-order chi connectivity index (χ0) is 29.6. The van der Waals surface area contributed by atoms with Crippen molar-refractivity contribution in [3.63, 3.8) is 0 Å². The Morgan fingerprint density at radius 3 is 2.40 bits per heavy atom. The second-order valence-electron chi connectivity index (χ2n) is 11.3. The smallest absolute Gasteiger partial charge is 0.378 e. The van der Waals surface area contributed by atoms with Gasteiger partial charge in [-0.15, -0.1) is 0 Å². The van der Waals surface area contributed by atoms with Gasteiger partial charge in [-0.25, -0.2) is 4.72 Å². The summed E-state index contributed by atoms with van der Waals surface area (Å²) in [5.74, 6) is -1.53. The number of fused-ring (bicyclic) bond motifs is 5. The van der Waals surface area contributed by atoms with Crippen LogP contribution in [0.4, 0.5) is 13.2 Å². The van der Waals surface area contributed by atoms with Crippen molar-refractivity contribution in [3.8, 4) is 11.3 Å². The molecule has 2 aromatic carbocycles. The van der Waals surface area contributed by atoms with E-state index in [2.05, 4.69) is 0 Å². The van der Waals surface area contributed by atoms with E-state index in [1.54, 1.807) is 6.07 Å². The molecule has 3 aromatic rings. The molecule has 1 saturated heterocycles. The molecule has 1 aromatic heterocycles. The van der Waals surface area contributed by atoms with Gasteiger partial charge in [-0.2, -0.15) is 21.6 Å². The van der Waals surface area contributed by atoms with Crippen molar-refractivity contribution < 1.29 is 35.9 Å². The van der Waals surface area contributed by atoms with Gasteiger partial charge in [0, 0.05) is 41.7 Å². The van der Waals surface area contributed by atoms with E-state index in [4.69, 9.17) is 4.74 Å². The summed E-state index contributed by atoms with van der Waals surface area (Å²) >= 11 is 0. The third-order valence-corrected chi connectivity index (χ3v) is 9.79. The topological polar surface area (TPSA) is 97.7 Å². The monoisotopic (exact) mass is 603 g/mol. The number of carbonyl (C=O) groups is 2. The van der Waals surface area contributed by atoms with Crippen LogP contribution in [0.2, 0.25) is 0 Å². The summed E-state index contributed by atoms with van der Waals surface area (Å²) in [6.45, 7) is 2.26. The molecule has 0 bridgehead atoms. The van der Waals surface area contributed by atoms with Crippen LogP contribution in [0.3, 0.4) is 0 Å². The van der Waals surface area contributed by atoms with Crippen molar-refractivity contribution in [3.05, 3.63) is 59.2 Å². The summed E-state index contributed by atoms with van der Waals surface area (Å²) < 4.78 is 71.0. The first-order valence-corrected chi connectivity index (χ1v) is 15.8. The van der Waals surface area contributed by atoms with Gasteiger partial charge in [0.15, 0.2) is 0 Å². The van der Waals surface area contributed by atoms with E-state index in [9.17, 15) is 31.2 Å². The molecule has 2 aliphatic heterocycles. The minimum atomic E-state index is -5.87. The summed E-state index contributed by atoms with van der Waals surface area (Å²) in [7, 11) is -5.87. The molecule has 3 aliphatic rings. The Kier molecular flexibility index (Phi) is 7.55. The summed E-state index contributed by atoms with van der Waals surface area (Å²) in [5, 5.41) is 0.862. The van der Waals surface area contributed by atoms with Crippen LogP contribution in [0, 0.1) is 5.92 Å². The van der Waals surface area contributed by atoms with Crippen molar-refractivity contribution >= 4 is 32.7 Å². The van der Waals surface area contributed by atoms with E-state index in [0.29, 0.717) is 44.8 Å². The highest BCUT2D eigenvalue weighted by Gasteiger charge is 2.47. The van der Waals surface area contributed by atoms with Gasteiger partial charge in [-0.3, -0.25) is 9.59 Å². The first-order chi connectivity index (χ1) is 20.0. The molecule has 0 spiro atoms. The van der Waals surface area contributed by atoms with Crippen molar-refractivity contribution in [2.75, 3.05) is 26.3 Å². The van der Waals surface area contributed by atoms with E-state index in [1.165, 1.54) is 12.1 Å². The normalized spacial score (nSPS) is 20.1. The maximum absolute atomic E-state index is 13.8. The van der Waals surface area contributed by atoms with Crippen LogP contribution < -0.4 is 4.72 Å². The van der Waals surface area contributed by atoms with Crippen LogP contribution in [-0.2, 0) is 32.5 Å². The molecule has 1 saturated carbocycles.